The first-order valence-electron chi connectivity index (χ1n) is 8.72. The minimum absolute atomic E-state index is 0.311. The second kappa shape index (κ2) is 7.58. The van der Waals surface area contributed by atoms with Crippen molar-refractivity contribution >= 4 is 50.2 Å². The molecule has 0 aliphatic carbocycles. The molecule has 5 nitrogen and oxygen atoms in total. The number of hydrogen-bond donors (Lipinski definition) is 1. The maximum Gasteiger partial charge on any atom is 0.273 e. The molecular formula is C20H17ClN2O3S2. The van der Waals surface area contributed by atoms with Gasteiger partial charge in [0.05, 0.1) is 16.3 Å². The third-order valence-corrected chi connectivity index (χ3v) is 8.09. The van der Waals surface area contributed by atoms with Crippen molar-refractivity contribution in [3.8, 4) is 0 Å². The summed E-state index contributed by atoms with van der Waals surface area (Å²) in [4.78, 5) is 12.5. The summed E-state index contributed by atoms with van der Waals surface area (Å²) in [6.07, 6.45) is 1.55. The number of anilines is 2. The molecule has 0 saturated heterocycles. The highest BCUT2D eigenvalue weighted by Gasteiger charge is 2.30. The number of nitrogens with zero attached hydrogens (tertiary/aromatic N) is 1. The number of carbonyl (C=O) groups is 1. The fourth-order valence-electron chi connectivity index (χ4n) is 3.23. The minimum Gasteiger partial charge on any atom is -0.322 e. The van der Waals surface area contributed by atoms with Gasteiger partial charge in [-0.05, 0) is 54.1 Å². The molecule has 0 spiro atoms. The van der Waals surface area contributed by atoms with Gasteiger partial charge in [-0.3, -0.25) is 9.10 Å². The summed E-state index contributed by atoms with van der Waals surface area (Å²) in [5.74, 6) is -0.339. The lowest BCUT2D eigenvalue weighted by Crippen LogP contribution is -2.35. The molecule has 144 valence electrons. The Bertz CT molecular complexity index is 1130. The zero-order valence-corrected chi connectivity index (χ0v) is 17.2. The topological polar surface area (TPSA) is 66.5 Å². The number of rotatable bonds is 4. The largest absolute Gasteiger partial charge is 0.322 e. The summed E-state index contributed by atoms with van der Waals surface area (Å²) in [7, 11) is -3.62. The van der Waals surface area contributed by atoms with E-state index >= 15 is 0 Å². The zero-order valence-electron chi connectivity index (χ0n) is 14.8. The highest BCUT2D eigenvalue weighted by Crippen LogP contribution is 2.35. The number of sulfonamides is 1. The normalized spacial score (nSPS) is 13.8. The molecule has 0 saturated carbocycles. The van der Waals surface area contributed by atoms with Crippen molar-refractivity contribution in [1.82, 2.24) is 0 Å². The number of amides is 1. The number of hydrogen-bond acceptors (Lipinski definition) is 4. The average Bonchev–Trinajstić information content (AvgIpc) is 3.23. The van der Waals surface area contributed by atoms with Crippen LogP contribution in [0.2, 0.25) is 5.02 Å². The van der Waals surface area contributed by atoms with E-state index in [1.54, 1.807) is 53.9 Å². The SMILES string of the molecule is O=C(Nc1ccc2c(c1)N(S(=O)(=O)c1cccs1)CCC2)c1ccccc1Cl. The highest BCUT2D eigenvalue weighted by molar-refractivity contribution is 7.94. The first kappa shape index (κ1) is 19.0. The van der Waals surface area contributed by atoms with E-state index in [1.807, 2.05) is 6.07 Å². The van der Waals surface area contributed by atoms with Crippen LogP contribution < -0.4 is 9.62 Å². The van der Waals surface area contributed by atoms with Crippen LogP contribution in [0.1, 0.15) is 22.3 Å². The minimum atomic E-state index is -3.62. The Labute approximate surface area is 172 Å². The van der Waals surface area contributed by atoms with Gasteiger partial charge in [0.15, 0.2) is 0 Å². The highest BCUT2D eigenvalue weighted by atomic mass is 35.5. The molecule has 3 aromatic rings. The Hall–Kier alpha value is -2.35. The van der Waals surface area contributed by atoms with Crippen LogP contribution in [-0.4, -0.2) is 20.9 Å². The summed E-state index contributed by atoms with van der Waals surface area (Å²) in [5.41, 5.74) is 2.45. The third kappa shape index (κ3) is 3.53. The summed E-state index contributed by atoms with van der Waals surface area (Å²) >= 11 is 7.29. The predicted octanol–water partition coefficient (Wildman–Crippen LogP) is 4.80. The van der Waals surface area contributed by atoms with E-state index in [1.165, 1.54) is 15.6 Å². The standard InChI is InChI=1S/C20H17ClN2O3S2/c21-17-7-2-1-6-16(17)20(24)22-15-10-9-14-5-3-11-23(18(14)13-15)28(25,26)19-8-4-12-27-19/h1-2,4,6-10,12-13H,3,5,11H2,(H,22,24). The van der Waals surface area contributed by atoms with Crippen LogP contribution in [0.4, 0.5) is 11.4 Å². The molecule has 2 aromatic carbocycles. The van der Waals surface area contributed by atoms with Crippen LogP contribution >= 0.6 is 22.9 Å². The van der Waals surface area contributed by atoms with Crippen molar-refractivity contribution in [2.75, 3.05) is 16.2 Å². The Morgan fingerprint density at radius 3 is 2.68 bits per heavy atom. The quantitative estimate of drug-likeness (QED) is 0.644. The van der Waals surface area contributed by atoms with Crippen LogP contribution in [0, 0.1) is 0 Å². The molecule has 0 bridgehead atoms. The van der Waals surface area contributed by atoms with E-state index in [-0.39, 0.29) is 5.91 Å². The third-order valence-electron chi connectivity index (χ3n) is 4.58. The van der Waals surface area contributed by atoms with Crippen LogP contribution in [-0.2, 0) is 16.4 Å². The van der Waals surface area contributed by atoms with Crippen LogP contribution in [0.3, 0.4) is 0 Å². The van der Waals surface area contributed by atoms with Crippen LogP contribution in [0.5, 0.6) is 0 Å². The number of carbonyl (C=O) groups excluding carboxylic acids is 1. The van der Waals surface area contributed by atoms with Gasteiger partial charge in [0.1, 0.15) is 4.21 Å². The molecule has 1 aromatic heterocycles. The lowest BCUT2D eigenvalue weighted by atomic mass is 10.0. The van der Waals surface area contributed by atoms with Crippen LogP contribution in [0.15, 0.2) is 64.2 Å². The summed E-state index contributed by atoms with van der Waals surface area (Å²) in [5, 5.41) is 4.92. The number of nitrogens with one attached hydrogen (secondary N) is 1. The van der Waals surface area contributed by atoms with Gasteiger partial charge in [-0.2, -0.15) is 0 Å². The Kier molecular flexibility index (Phi) is 5.14. The van der Waals surface area contributed by atoms with Crippen molar-refractivity contribution in [2.45, 2.75) is 17.1 Å². The van der Waals surface area contributed by atoms with Gasteiger partial charge < -0.3 is 5.32 Å². The van der Waals surface area contributed by atoms with Crippen molar-refractivity contribution < 1.29 is 13.2 Å². The fourth-order valence-corrected chi connectivity index (χ4v) is 6.09. The zero-order chi connectivity index (χ0) is 19.7. The molecule has 0 unspecified atom stereocenters. The van der Waals surface area contributed by atoms with E-state index < -0.39 is 10.0 Å². The maximum absolute atomic E-state index is 13.0. The summed E-state index contributed by atoms with van der Waals surface area (Å²) < 4.78 is 27.8. The number of halogens is 1. The second-order valence-electron chi connectivity index (χ2n) is 6.39. The van der Waals surface area contributed by atoms with Gasteiger partial charge in [-0.25, -0.2) is 8.42 Å². The van der Waals surface area contributed by atoms with Gasteiger partial charge in [0.2, 0.25) is 0 Å². The van der Waals surface area contributed by atoms with E-state index in [0.29, 0.717) is 32.7 Å². The van der Waals surface area contributed by atoms with E-state index in [0.717, 1.165) is 18.4 Å². The maximum atomic E-state index is 13.0. The average molecular weight is 433 g/mol. The lowest BCUT2D eigenvalue weighted by molar-refractivity contribution is 0.102. The van der Waals surface area contributed by atoms with Gasteiger partial charge in [-0.15, -0.1) is 11.3 Å². The van der Waals surface area contributed by atoms with Gasteiger partial charge in [-0.1, -0.05) is 35.9 Å². The Morgan fingerprint density at radius 2 is 1.93 bits per heavy atom. The van der Waals surface area contributed by atoms with E-state index in [9.17, 15) is 13.2 Å². The van der Waals surface area contributed by atoms with Gasteiger partial charge in [0.25, 0.3) is 15.9 Å². The van der Waals surface area contributed by atoms with Crippen molar-refractivity contribution in [2.24, 2.45) is 0 Å². The number of benzene rings is 2. The smallest absolute Gasteiger partial charge is 0.273 e. The molecule has 0 fully saturated rings. The fraction of sp³-hybridized carbons (Fsp3) is 0.150. The molecule has 1 amide bonds. The van der Waals surface area contributed by atoms with E-state index in [2.05, 4.69) is 5.32 Å². The Morgan fingerprint density at radius 1 is 1.11 bits per heavy atom. The van der Waals surface area contributed by atoms with Gasteiger partial charge in [0, 0.05) is 12.2 Å². The molecule has 0 radical (unpaired) electrons. The molecule has 1 aliphatic heterocycles. The Balaban J connectivity index is 1.67. The van der Waals surface area contributed by atoms with Crippen LogP contribution in [0.25, 0.3) is 0 Å². The summed E-state index contributed by atoms with van der Waals surface area (Å²) in [6.45, 7) is 0.412. The molecule has 0 atom stereocenters. The molecule has 1 N–H and O–H groups in total. The first-order chi connectivity index (χ1) is 13.5. The lowest BCUT2D eigenvalue weighted by Gasteiger charge is -2.30. The van der Waals surface area contributed by atoms with Crippen molar-refractivity contribution in [1.29, 1.82) is 0 Å². The first-order valence-corrected chi connectivity index (χ1v) is 11.4. The number of thiophene rings is 1. The second-order valence-corrected chi connectivity index (χ2v) is 9.83. The monoisotopic (exact) mass is 432 g/mol. The molecule has 28 heavy (non-hydrogen) atoms. The van der Waals surface area contributed by atoms with E-state index in [4.69, 9.17) is 11.6 Å². The molecule has 2 heterocycles. The molecular weight excluding hydrogens is 416 g/mol. The molecule has 4 rings (SSSR count). The number of fused-ring (bicyclic) bond motifs is 1. The number of aryl methyl sites for hydroxylation is 1. The molecule has 8 heteroatoms. The van der Waals surface area contributed by atoms with Gasteiger partial charge >= 0.3 is 0 Å². The van der Waals surface area contributed by atoms with Crippen molar-refractivity contribution in [3.05, 3.63) is 76.1 Å². The van der Waals surface area contributed by atoms with Crippen molar-refractivity contribution in [3.63, 3.8) is 0 Å². The predicted molar refractivity (Wildman–Crippen MR) is 113 cm³/mol. The summed E-state index contributed by atoms with van der Waals surface area (Å²) in [6, 6.07) is 15.5. The molecule has 1 aliphatic rings.